The molecule has 5 heteroatoms. The van der Waals surface area contributed by atoms with Crippen molar-refractivity contribution in [3.05, 3.63) is 108 Å². The van der Waals surface area contributed by atoms with Crippen LogP contribution in [0, 0.1) is 5.92 Å². The number of Topliss-reactive ketones (excluding diaryl/α,β-unsaturated/α-hetero) is 1. The predicted octanol–water partition coefficient (Wildman–Crippen LogP) is 5.09. The van der Waals surface area contributed by atoms with Gasteiger partial charge in [0.15, 0.2) is 5.78 Å². The van der Waals surface area contributed by atoms with Crippen LogP contribution in [0.5, 0.6) is 0 Å². The number of carbonyl (C=O) groups excluding carboxylic acids is 3. The lowest BCUT2D eigenvalue weighted by atomic mass is 9.81. The first-order chi connectivity index (χ1) is 15.0. The van der Waals surface area contributed by atoms with Crippen molar-refractivity contribution in [1.29, 1.82) is 0 Å². The highest BCUT2D eigenvalue weighted by Crippen LogP contribution is 2.40. The van der Waals surface area contributed by atoms with Crippen LogP contribution in [0.1, 0.15) is 47.5 Å². The minimum absolute atomic E-state index is 0.286. The molecule has 3 rings (SSSR count). The summed E-state index contributed by atoms with van der Waals surface area (Å²) in [7, 11) is 0. The van der Waals surface area contributed by atoms with Gasteiger partial charge in [0.2, 0.25) is 0 Å². The van der Waals surface area contributed by atoms with E-state index < -0.39 is 30.1 Å². The van der Waals surface area contributed by atoms with Crippen molar-refractivity contribution >= 4 is 17.7 Å². The predicted molar refractivity (Wildman–Crippen MR) is 116 cm³/mol. The standard InChI is InChI=1S/C26H24O5/c1-18(27)30-25(21-14-8-4-9-15-21)23(24(29)20-12-6-3-7-13-20)26(31-19(2)28)22-16-10-5-11-17-22/h3-17,23,25-26H,1-2H3/t23?,25-,26+. The van der Waals surface area contributed by atoms with Gasteiger partial charge in [-0.1, -0.05) is 91.0 Å². The van der Waals surface area contributed by atoms with Gasteiger partial charge in [0.25, 0.3) is 0 Å². The fourth-order valence-corrected chi connectivity index (χ4v) is 3.57. The minimum Gasteiger partial charge on any atom is -0.457 e. The highest BCUT2D eigenvalue weighted by atomic mass is 16.6. The van der Waals surface area contributed by atoms with E-state index in [0.717, 1.165) is 0 Å². The van der Waals surface area contributed by atoms with Gasteiger partial charge in [-0.25, -0.2) is 0 Å². The monoisotopic (exact) mass is 416 g/mol. The number of benzene rings is 3. The molecule has 0 saturated carbocycles. The van der Waals surface area contributed by atoms with E-state index in [9.17, 15) is 14.4 Å². The average Bonchev–Trinajstić information content (AvgIpc) is 2.79. The molecular weight excluding hydrogens is 392 g/mol. The molecule has 0 aliphatic heterocycles. The van der Waals surface area contributed by atoms with Crippen LogP contribution in [-0.4, -0.2) is 17.7 Å². The Morgan fingerprint density at radius 1 is 0.581 bits per heavy atom. The van der Waals surface area contributed by atoms with Crippen LogP contribution >= 0.6 is 0 Å². The molecule has 158 valence electrons. The number of hydrogen-bond acceptors (Lipinski definition) is 5. The molecule has 0 amide bonds. The van der Waals surface area contributed by atoms with Gasteiger partial charge in [0.05, 0.1) is 0 Å². The van der Waals surface area contributed by atoms with Crippen LogP contribution in [0.2, 0.25) is 0 Å². The maximum atomic E-state index is 13.8. The SMILES string of the molecule is CC(=O)O[C@H](c1ccccc1)C(C(=O)c1ccccc1)[C@@H](OC(C)=O)c1ccccc1. The van der Waals surface area contributed by atoms with Crippen molar-refractivity contribution in [3.63, 3.8) is 0 Å². The zero-order chi connectivity index (χ0) is 22.2. The fourth-order valence-electron chi connectivity index (χ4n) is 3.57. The quantitative estimate of drug-likeness (QED) is 0.378. The Bertz CT molecular complexity index is 956. The largest absolute Gasteiger partial charge is 0.457 e. The molecule has 0 aromatic heterocycles. The third-order valence-corrected chi connectivity index (χ3v) is 4.86. The van der Waals surface area contributed by atoms with Crippen molar-refractivity contribution in [2.45, 2.75) is 26.1 Å². The van der Waals surface area contributed by atoms with Gasteiger partial charge in [-0.3, -0.25) is 14.4 Å². The van der Waals surface area contributed by atoms with Gasteiger partial charge in [-0.05, 0) is 11.1 Å². The van der Waals surface area contributed by atoms with Gasteiger partial charge >= 0.3 is 11.9 Å². The Morgan fingerprint density at radius 2 is 0.935 bits per heavy atom. The number of esters is 2. The van der Waals surface area contributed by atoms with E-state index in [2.05, 4.69) is 0 Å². The summed E-state index contributed by atoms with van der Waals surface area (Å²) in [5, 5.41) is 0. The molecule has 0 N–H and O–H groups in total. The molecule has 0 spiro atoms. The van der Waals surface area contributed by atoms with Crippen molar-refractivity contribution in [3.8, 4) is 0 Å². The molecule has 3 atom stereocenters. The van der Waals surface area contributed by atoms with Gasteiger partial charge in [-0.2, -0.15) is 0 Å². The Kier molecular flexibility index (Phi) is 7.33. The topological polar surface area (TPSA) is 69.7 Å². The number of ether oxygens (including phenoxy) is 2. The number of carbonyl (C=O) groups is 3. The maximum Gasteiger partial charge on any atom is 0.303 e. The summed E-state index contributed by atoms with van der Waals surface area (Å²) in [6.07, 6.45) is -1.90. The summed E-state index contributed by atoms with van der Waals surface area (Å²) >= 11 is 0. The summed E-state index contributed by atoms with van der Waals surface area (Å²) in [5.74, 6) is -2.34. The molecule has 0 aliphatic carbocycles. The van der Waals surface area contributed by atoms with E-state index in [1.165, 1.54) is 13.8 Å². The third kappa shape index (κ3) is 5.66. The first-order valence-corrected chi connectivity index (χ1v) is 10.0. The smallest absolute Gasteiger partial charge is 0.303 e. The van der Waals surface area contributed by atoms with E-state index >= 15 is 0 Å². The van der Waals surface area contributed by atoms with Gasteiger partial charge < -0.3 is 9.47 Å². The van der Waals surface area contributed by atoms with Crippen LogP contribution in [0.4, 0.5) is 0 Å². The average molecular weight is 416 g/mol. The molecular formula is C26H24O5. The van der Waals surface area contributed by atoms with Gasteiger partial charge in [0, 0.05) is 19.4 Å². The summed E-state index contributed by atoms with van der Waals surface area (Å²) in [6, 6.07) is 26.8. The first kappa shape index (κ1) is 22.0. The zero-order valence-corrected chi connectivity index (χ0v) is 17.4. The van der Waals surface area contributed by atoms with Crippen molar-refractivity contribution < 1.29 is 23.9 Å². The highest BCUT2D eigenvalue weighted by Gasteiger charge is 2.41. The van der Waals surface area contributed by atoms with Gasteiger partial charge in [-0.15, -0.1) is 0 Å². The molecule has 3 aromatic rings. The van der Waals surface area contributed by atoms with Crippen molar-refractivity contribution in [2.24, 2.45) is 5.92 Å². The lowest BCUT2D eigenvalue weighted by Gasteiger charge is -2.32. The molecule has 0 radical (unpaired) electrons. The summed E-state index contributed by atoms with van der Waals surface area (Å²) in [6.45, 7) is 2.59. The molecule has 0 heterocycles. The van der Waals surface area contributed by atoms with E-state index in [1.54, 1.807) is 72.8 Å². The third-order valence-electron chi connectivity index (χ3n) is 4.86. The maximum absolute atomic E-state index is 13.8. The fraction of sp³-hybridized carbons (Fsp3) is 0.192. The second-order valence-electron chi connectivity index (χ2n) is 7.14. The van der Waals surface area contributed by atoms with E-state index in [0.29, 0.717) is 16.7 Å². The molecule has 0 saturated heterocycles. The van der Waals surface area contributed by atoms with E-state index in [1.807, 2.05) is 18.2 Å². The number of rotatable bonds is 8. The van der Waals surface area contributed by atoms with Crippen molar-refractivity contribution in [1.82, 2.24) is 0 Å². The van der Waals surface area contributed by atoms with Crippen LogP contribution in [-0.2, 0) is 19.1 Å². The highest BCUT2D eigenvalue weighted by molar-refractivity contribution is 5.99. The second-order valence-corrected chi connectivity index (χ2v) is 7.14. The second kappa shape index (κ2) is 10.3. The van der Waals surface area contributed by atoms with Crippen LogP contribution < -0.4 is 0 Å². The van der Waals surface area contributed by atoms with Crippen molar-refractivity contribution in [2.75, 3.05) is 0 Å². The summed E-state index contributed by atoms with van der Waals surface area (Å²) < 4.78 is 11.3. The molecule has 5 nitrogen and oxygen atoms in total. The first-order valence-electron chi connectivity index (χ1n) is 10.0. The van der Waals surface area contributed by atoms with Crippen LogP contribution in [0.3, 0.4) is 0 Å². The van der Waals surface area contributed by atoms with Crippen LogP contribution in [0.25, 0.3) is 0 Å². The lowest BCUT2D eigenvalue weighted by molar-refractivity contribution is -0.157. The van der Waals surface area contributed by atoms with E-state index in [4.69, 9.17) is 9.47 Å². The summed E-state index contributed by atoms with van der Waals surface area (Å²) in [4.78, 5) is 37.8. The molecule has 0 aliphatic rings. The van der Waals surface area contributed by atoms with E-state index in [-0.39, 0.29) is 5.78 Å². The number of hydrogen-bond donors (Lipinski definition) is 0. The zero-order valence-electron chi connectivity index (χ0n) is 17.4. The molecule has 0 bridgehead atoms. The number of ketones is 1. The Labute approximate surface area is 181 Å². The lowest BCUT2D eigenvalue weighted by Crippen LogP contribution is -2.33. The Morgan fingerprint density at radius 3 is 1.29 bits per heavy atom. The Balaban J connectivity index is 2.19. The molecule has 31 heavy (non-hydrogen) atoms. The minimum atomic E-state index is -0.986. The Hall–Kier alpha value is -3.73. The normalized spacial score (nSPS) is 13.5. The van der Waals surface area contributed by atoms with Crippen LogP contribution in [0.15, 0.2) is 91.0 Å². The molecule has 0 fully saturated rings. The summed E-state index contributed by atoms with van der Waals surface area (Å²) in [5.41, 5.74) is 1.72. The molecule has 3 aromatic carbocycles. The molecule has 1 unspecified atom stereocenters. The van der Waals surface area contributed by atoms with Gasteiger partial charge in [0.1, 0.15) is 18.1 Å².